The first kappa shape index (κ1) is 13.5. The van der Waals surface area contributed by atoms with Crippen molar-refractivity contribution in [3.8, 4) is 11.6 Å². The van der Waals surface area contributed by atoms with E-state index in [-0.39, 0.29) is 18.2 Å². The minimum absolute atomic E-state index is 0.122. The van der Waals surface area contributed by atoms with Crippen molar-refractivity contribution in [3.63, 3.8) is 0 Å². The summed E-state index contributed by atoms with van der Waals surface area (Å²) in [7, 11) is 0. The van der Waals surface area contributed by atoms with Crippen molar-refractivity contribution in [2.75, 3.05) is 0 Å². The van der Waals surface area contributed by atoms with Crippen molar-refractivity contribution in [1.29, 1.82) is 0 Å². The van der Waals surface area contributed by atoms with Crippen molar-refractivity contribution < 1.29 is 18.6 Å². The van der Waals surface area contributed by atoms with Crippen LogP contribution < -0.4 is 4.74 Å². The molecule has 21 heavy (non-hydrogen) atoms. The molecule has 5 heteroatoms. The van der Waals surface area contributed by atoms with Crippen LogP contribution in [0.15, 0.2) is 48.5 Å². The van der Waals surface area contributed by atoms with Crippen LogP contribution in [0.5, 0.6) is 11.6 Å². The molecule has 0 atom stereocenters. The molecule has 1 heterocycles. The Labute approximate surface area is 119 Å². The zero-order valence-electron chi connectivity index (χ0n) is 10.9. The number of hydrogen-bond acceptors (Lipinski definition) is 3. The maximum absolute atomic E-state index is 13.6. The normalized spacial score (nSPS) is 10.8. The molecule has 0 aliphatic carbocycles. The van der Waals surface area contributed by atoms with Gasteiger partial charge in [0, 0.05) is 17.5 Å². The highest BCUT2D eigenvalue weighted by atomic mass is 19.1. The number of ether oxygens (including phenoxy) is 1. The largest absolute Gasteiger partial charge is 0.436 e. The summed E-state index contributed by atoms with van der Waals surface area (Å²) in [5.41, 5.74) is 1.25. The Balaban J connectivity index is 2.04. The molecule has 0 fully saturated rings. The quantitative estimate of drug-likeness (QED) is 0.796. The molecule has 1 aromatic heterocycles. The Bertz CT molecular complexity index is 805. The number of hydrogen-bond donors (Lipinski definition) is 1. The minimum Gasteiger partial charge on any atom is -0.436 e. The first-order valence-electron chi connectivity index (χ1n) is 6.30. The summed E-state index contributed by atoms with van der Waals surface area (Å²) in [5.74, 6) is -1.47. The Morgan fingerprint density at radius 1 is 1.05 bits per heavy atom. The predicted octanol–water partition coefficient (Wildman–Crippen LogP) is 3.80. The molecule has 0 amide bonds. The van der Waals surface area contributed by atoms with Crippen LogP contribution in [-0.4, -0.2) is 10.1 Å². The first-order chi connectivity index (χ1) is 10.2. The van der Waals surface area contributed by atoms with Crippen LogP contribution in [0.1, 0.15) is 5.56 Å². The van der Waals surface area contributed by atoms with E-state index in [0.717, 1.165) is 17.5 Å². The monoisotopic (exact) mass is 287 g/mol. The number of para-hydroxylation sites is 1. The van der Waals surface area contributed by atoms with E-state index in [9.17, 15) is 13.9 Å². The molecule has 3 aromatic rings. The van der Waals surface area contributed by atoms with Crippen molar-refractivity contribution in [1.82, 2.24) is 4.98 Å². The zero-order chi connectivity index (χ0) is 14.8. The summed E-state index contributed by atoms with van der Waals surface area (Å²) in [5, 5.41) is 10.2. The summed E-state index contributed by atoms with van der Waals surface area (Å²) < 4.78 is 31.8. The van der Waals surface area contributed by atoms with Gasteiger partial charge in [0.25, 0.3) is 0 Å². The molecule has 0 aliphatic rings. The molecule has 0 spiro atoms. The van der Waals surface area contributed by atoms with Crippen LogP contribution in [0, 0.1) is 11.6 Å². The average molecular weight is 287 g/mol. The number of aliphatic hydroxyl groups excluding tert-OH is 1. The maximum atomic E-state index is 13.6. The third-order valence-corrected chi connectivity index (χ3v) is 3.06. The van der Waals surface area contributed by atoms with Crippen molar-refractivity contribution in [2.45, 2.75) is 6.61 Å². The van der Waals surface area contributed by atoms with E-state index < -0.39 is 11.6 Å². The number of pyridine rings is 1. The summed E-state index contributed by atoms with van der Waals surface area (Å²) in [4.78, 5) is 4.25. The van der Waals surface area contributed by atoms with Gasteiger partial charge in [0.15, 0.2) is 11.6 Å². The standard InChI is InChI=1S/C16H11F2NO2/c17-11-5-6-15(13(18)8-11)21-16-7-10(9-20)12-3-1-2-4-14(12)19-16/h1-8,20H,9H2. The summed E-state index contributed by atoms with van der Waals surface area (Å²) in [6, 6.07) is 11.8. The Morgan fingerprint density at radius 3 is 2.62 bits per heavy atom. The highest BCUT2D eigenvalue weighted by Crippen LogP contribution is 2.27. The van der Waals surface area contributed by atoms with E-state index >= 15 is 0 Å². The molecule has 0 bridgehead atoms. The minimum atomic E-state index is -0.810. The second-order valence-corrected chi connectivity index (χ2v) is 4.47. The van der Waals surface area contributed by atoms with Gasteiger partial charge in [-0.05, 0) is 23.8 Å². The Morgan fingerprint density at radius 2 is 1.86 bits per heavy atom. The highest BCUT2D eigenvalue weighted by Gasteiger charge is 2.10. The third-order valence-electron chi connectivity index (χ3n) is 3.06. The fourth-order valence-corrected chi connectivity index (χ4v) is 2.07. The fourth-order valence-electron chi connectivity index (χ4n) is 2.07. The van der Waals surface area contributed by atoms with Crippen LogP contribution in [0.25, 0.3) is 10.9 Å². The summed E-state index contributed by atoms with van der Waals surface area (Å²) >= 11 is 0. The van der Waals surface area contributed by atoms with Crippen molar-refractivity contribution >= 4 is 10.9 Å². The molecule has 106 valence electrons. The van der Waals surface area contributed by atoms with Crippen LogP contribution in [0.4, 0.5) is 8.78 Å². The molecule has 0 radical (unpaired) electrons. The molecular weight excluding hydrogens is 276 g/mol. The number of nitrogens with zero attached hydrogens (tertiary/aromatic N) is 1. The van der Waals surface area contributed by atoms with E-state index in [1.54, 1.807) is 12.1 Å². The van der Waals surface area contributed by atoms with Gasteiger partial charge >= 0.3 is 0 Å². The maximum Gasteiger partial charge on any atom is 0.220 e. The number of aliphatic hydroxyl groups is 1. The van der Waals surface area contributed by atoms with Gasteiger partial charge in [-0.1, -0.05) is 18.2 Å². The van der Waals surface area contributed by atoms with Gasteiger partial charge in [0.05, 0.1) is 12.1 Å². The van der Waals surface area contributed by atoms with Gasteiger partial charge in [0.1, 0.15) is 5.82 Å². The lowest BCUT2D eigenvalue weighted by Crippen LogP contribution is -1.95. The lowest BCUT2D eigenvalue weighted by Gasteiger charge is -2.09. The molecular formula is C16H11F2NO2. The second kappa shape index (κ2) is 5.46. The summed E-state index contributed by atoms with van der Waals surface area (Å²) in [6.45, 7) is -0.189. The molecule has 0 aliphatic heterocycles. The predicted molar refractivity (Wildman–Crippen MR) is 74.1 cm³/mol. The van der Waals surface area contributed by atoms with Gasteiger partial charge in [-0.25, -0.2) is 13.8 Å². The molecule has 1 N–H and O–H groups in total. The topological polar surface area (TPSA) is 42.4 Å². The first-order valence-corrected chi connectivity index (χ1v) is 6.30. The average Bonchev–Trinajstić information content (AvgIpc) is 2.49. The van der Waals surface area contributed by atoms with E-state index in [4.69, 9.17) is 4.74 Å². The molecule has 0 saturated heterocycles. The number of benzene rings is 2. The number of fused-ring (bicyclic) bond motifs is 1. The van der Waals surface area contributed by atoms with Crippen LogP contribution in [-0.2, 0) is 6.61 Å². The number of aromatic nitrogens is 1. The molecule has 0 unspecified atom stereocenters. The lowest BCUT2D eigenvalue weighted by atomic mass is 10.1. The molecule has 3 nitrogen and oxygen atoms in total. The molecule has 0 saturated carbocycles. The number of rotatable bonds is 3. The lowest BCUT2D eigenvalue weighted by molar-refractivity contribution is 0.282. The van der Waals surface area contributed by atoms with Crippen LogP contribution >= 0.6 is 0 Å². The second-order valence-electron chi connectivity index (χ2n) is 4.47. The highest BCUT2D eigenvalue weighted by molar-refractivity contribution is 5.82. The van der Waals surface area contributed by atoms with Gasteiger partial charge < -0.3 is 9.84 Å². The summed E-state index contributed by atoms with van der Waals surface area (Å²) in [6.07, 6.45) is 0. The smallest absolute Gasteiger partial charge is 0.220 e. The van der Waals surface area contributed by atoms with E-state index in [1.165, 1.54) is 12.1 Å². The molecule has 2 aromatic carbocycles. The van der Waals surface area contributed by atoms with Gasteiger partial charge in [-0.2, -0.15) is 0 Å². The SMILES string of the molecule is OCc1cc(Oc2ccc(F)cc2F)nc2ccccc12. The zero-order valence-corrected chi connectivity index (χ0v) is 10.9. The van der Waals surface area contributed by atoms with Gasteiger partial charge in [-0.3, -0.25) is 0 Å². The Hall–Kier alpha value is -2.53. The Kier molecular flexibility index (Phi) is 3.50. The van der Waals surface area contributed by atoms with Crippen LogP contribution in [0.3, 0.4) is 0 Å². The van der Waals surface area contributed by atoms with Crippen LogP contribution in [0.2, 0.25) is 0 Å². The van der Waals surface area contributed by atoms with Gasteiger partial charge in [0.2, 0.25) is 5.88 Å². The number of halogens is 2. The van der Waals surface area contributed by atoms with Crippen molar-refractivity contribution in [3.05, 3.63) is 65.7 Å². The van der Waals surface area contributed by atoms with Crippen molar-refractivity contribution in [2.24, 2.45) is 0 Å². The third kappa shape index (κ3) is 2.68. The van der Waals surface area contributed by atoms with E-state index in [0.29, 0.717) is 11.1 Å². The fraction of sp³-hybridized carbons (Fsp3) is 0.0625. The van der Waals surface area contributed by atoms with E-state index in [2.05, 4.69) is 4.98 Å². The van der Waals surface area contributed by atoms with E-state index in [1.807, 2.05) is 12.1 Å². The van der Waals surface area contributed by atoms with Gasteiger partial charge in [-0.15, -0.1) is 0 Å². The molecule has 3 rings (SSSR count).